The molecule has 18 aromatic carbocycles. The second-order valence-electron chi connectivity index (χ2n) is 32.0. The molecule has 0 unspecified atom stereocenters. The second kappa shape index (κ2) is 53.9. The molecule has 0 heterocycles. The van der Waals surface area contributed by atoms with Crippen LogP contribution in [0.1, 0.15) is 37.8 Å². The fourth-order valence-electron chi connectivity index (χ4n) is 14.9. The van der Waals surface area contributed by atoms with E-state index in [1.165, 1.54) is 93.5 Å². The normalized spacial score (nSPS) is 10.7. The predicted molar refractivity (Wildman–Crippen MR) is 569 cm³/mol. The van der Waals surface area contributed by atoms with Crippen molar-refractivity contribution in [2.45, 2.75) is 59.2 Å². The summed E-state index contributed by atoms with van der Waals surface area (Å²) in [5, 5.41) is 33.8. The molecule has 2 N–H and O–H groups in total. The van der Waals surface area contributed by atoms with Gasteiger partial charge in [-0.05, 0) is 224 Å². The summed E-state index contributed by atoms with van der Waals surface area (Å²) in [4.78, 5) is 0. The molecule has 0 saturated heterocycles. The summed E-state index contributed by atoms with van der Waals surface area (Å²) >= 11 is 1.67. The van der Waals surface area contributed by atoms with Gasteiger partial charge in [0.05, 0.1) is 17.2 Å². The molecule has 0 aromatic heterocycles. The minimum Gasteiger partial charge on any atom is -0.423 e. The molecule has 0 radical (unpaired) electrons. The number of aryl methyl sites for hydroxylation is 2. The Balaban J connectivity index is 0.000000153. The first-order chi connectivity index (χ1) is 65.1. The van der Waals surface area contributed by atoms with E-state index in [1.54, 1.807) is 22.6 Å². The van der Waals surface area contributed by atoms with E-state index in [4.69, 9.17) is 10.0 Å². The monoisotopic (exact) mass is 2090 g/mol. The summed E-state index contributed by atoms with van der Waals surface area (Å²) in [6, 6.07) is 154. The Labute approximate surface area is 823 Å². The first-order valence-corrected chi connectivity index (χ1v) is 54.0. The van der Waals surface area contributed by atoms with Gasteiger partial charge in [0.25, 0.3) is 0 Å². The van der Waals surface area contributed by atoms with Crippen LogP contribution in [0, 0.1) is 50.1 Å². The fraction of sp³-hybridized carbons (Fsp3) is 0.0769. The van der Waals surface area contributed by atoms with Crippen LogP contribution >= 0.6 is 54.3 Å². The zero-order valence-electron chi connectivity index (χ0n) is 75.3. The molecule has 18 rings (SSSR count). The largest absolute Gasteiger partial charge is 0.488 e. The van der Waals surface area contributed by atoms with E-state index < -0.39 is 99.0 Å². The van der Waals surface area contributed by atoms with Gasteiger partial charge in [0.1, 0.15) is 46.5 Å². The van der Waals surface area contributed by atoms with Gasteiger partial charge in [-0.1, -0.05) is 459 Å². The molecule has 0 aliphatic carbocycles. The van der Waals surface area contributed by atoms with Crippen molar-refractivity contribution in [2.75, 3.05) is 0 Å². The van der Waals surface area contributed by atoms with Gasteiger partial charge in [-0.2, -0.15) is 0 Å². The number of hydrogen-bond donors (Lipinski definition) is 2. The van der Waals surface area contributed by atoms with Crippen molar-refractivity contribution in [1.82, 2.24) is 0 Å². The molecule has 0 spiro atoms. The van der Waals surface area contributed by atoms with Gasteiger partial charge in [-0.25, -0.2) is 35.1 Å². The zero-order chi connectivity index (χ0) is 94.6. The smallest absolute Gasteiger partial charge is 0.423 e. The summed E-state index contributed by atoms with van der Waals surface area (Å²) in [7, 11) is -5.89. The molecule has 18 heteroatoms. The van der Waals surface area contributed by atoms with Gasteiger partial charge in [-0.15, -0.1) is 0 Å². The molecule has 0 bridgehead atoms. The van der Waals surface area contributed by atoms with Crippen LogP contribution in [0.25, 0.3) is 33.4 Å². The van der Waals surface area contributed by atoms with E-state index in [0.717, 1.165) is 61.1 Å². The number of halogens is 9. The Kier molecular flexibility index (Phi) is 41.6. The van der Waals surface area contributed by atoms with Crippen LogP contribution in [0.2, 0.25) is 19.6 Å². The van der Waals surface area contributed by atoms with Gasteiger partial charge in [0.15, 0.2) is 0 Å². The first kappa shape index (κ1) is 104. The first-order valence-electron chi connectivity index (χ1n) is 44.1. The van der Waals surface area contributed by atoms with Crippen molar-refractivity contribution in [3.63, 3.8) is 0 Å². The molecule has 135 heavy (non-hydrogen) atoms. The van der Waals surface area contributed by atoms with Crippen LogP contribution in [-0.2, 0) is 33.3 Å². The van der Waals surface area contributed by atoms with Crippen LogP contribution in [0.4, 0.5) is 35.1 Å². The van der Waals surface area contributed by atoms with Crippen molar-refractivity contribution >= 4 is 144 Å². The van der Waals surface area contributed by atoms with Crippen LogP contribution in [0.15, 0.2) is 467 Å². The number of rotatable bonds is 21. The standard InChI is InChI=1S/C24H24F4Si.4C18H15P.C15H13F2I.C6H5BF2O2.Pd/c1-5-6-15-7-9-16(10-8-15)17-11-19(25)23(20(26)12-17)18-13-21(27)24(22(28)14-18)29(2,3)4;4*1-4-10-16(11-5-1)19(17-12-6-2-7-13-17)18-14-8-3-9-15-18;1-2-3-10-4-6-11(7-5-10)12-8-13(16)15(18)14(17)9-12;8-5-1-4(7(10)11)2-6(9)3-5;/h7-14H,5-6H2,1-4H3;4*1-15H;4-9H,2-3H2,1H3;1-3,10-11H;. The number of benzene rings is 18. The molecule has 2 nitrogen and oxygen atoms in total. The van der Waals surface area contributed by atoms with E-state index in [9.17, 15) is 35.1 Å². The summed E-state index contributed by atoms with van der Waals surface area (Å²) in [5.74, 6) is -5.89. The molecule has 0 aliphatic rings. The summed E-state index contributed by atoms with van der Waals surface area (Å²) < 4.78 is 110. The maximum atomic E-state index is 14.8. The van der Waals surface area contributed by atoms with Crippen LogP contribution < -0.4 is 74.3 Å². The fourth-order valence-corrected chi connectivity index (χ4v) is 26.0. The Morgan fingerprint density at radius 3 is 0.622 bits per heavy atom. The van der Waals surface area contributed by atoms with E-state index >= 15 is 0 Å². The summed E-state index contributed by atoms with van der Waals surface area (Å²) in [6.07, 6.45) is 4.06. The van der Waals surface area contributed by atoms with Crippen molar-refractivity contribution in [2.24, 2.45) is 0 Å². The van der Waals surface area contributed by atoms with Crippen molar-refractivity contribution in [3.8, 4) is 33.4 Å². The van der Waals surface area contributed by atoms with Crippen molar-refractivity contribution < 1.29 is 65.6 Å². The maximum absolute atomic E-state index is 14.8. The third-order valence-electron chi connectivity index (χ3n) is 21.1. The average Bonchev–Trinajstić information content (AvgIpc) is 0.770. The zero-order valence-corrected chi connectivity index (χ0v) is 83.6. The van der Waals surface area contributed by atoms with Gasteiger partial charge in [-0.3, -0.25) is 0 Å². The summed E-state index contributed by atoms with van der Waals surface area (Å²) in [6.45, 7) is 9.65. The maximum Gasteiger partial charge on any atom is 0.488 e. The Morgan fingerprint density at radius 1 is 0.244 bits per heavy atom. The van der Waals surface area contributed by atoms with E-state index in [-0.39, 0.29) is 40.2 Å². The van der Waals surface area contributed by atoms with Crippen LogP contribution in [0.3, 0.4) is 0 Å². The topological polar surface area (TPSA) is 40.5 Å². The van der Waals surface area contributed by atoms with Gasteiger partial charge < -0.3 is 10.0 Å². The van der Waals surface area contributed by atoms with Gasteiger partial charge in [0.2, 0.25) is 0 Å². The van der Waals surface area contributed by atoms with Crippen LogP contribution in [0.5, 0.6) is 0 Å². The minimum atomic E-state index is -2.27. The Hall–Kier alpha value is -11.3. The molecule has 0 atom stereocenters. The molecule has 0 aliphatic heterocycles. The summed E-state index contributed by atoms with van der Waals surface area (Å²) in [5.41, 5.74) is 4.13. The second-order valence-corrected chi connectivity index (χ2v) is 46.9. The molecule has 0 saturated carbocycles. The SMILES string of the molecule is CCCc1ccc(-c2cc(F)c(-c3cc(F)c([Si](C)(C)C)c(F)c3)c(F)c2)cc1.CCCc1ccc(-c2cc(F)c(I)c(F)c2)cc1.OB(O)c1cc(F)cc(F)c1.[Pd].c1ccc(P(c2ccccc2)c2ccccc2)cc1.c1ccc(P(c2ccccc2)c2ccccc2)cc1.c1ccc(P(c2ccccc2)c2ccccc2)cc1.c1ccc(P(c2ccccc2)c2ccccc2)cc1. The number of hydrogen-bond acceptors (Lipinski definition) is 2. The van der Waals surface area contributed by atoms with Crippen molar-refractivity contribution in [3.05, 3.63) is 528 Å². The molecular formula is C117H102BF8IO2P4PdSi. The molecule has 0 fully saturated rings. The molecular weight excluding hydrogens is 1990 g/mol. The minimum absolute atomic E-state index is 0. The quantitative estimate of drug-likeness (QED) is 0.0247. The average molecular weight is 2090 g/mol. The Bertz CT molecular complexity index is 5620. The molecule has 0 amide bonds. The van der Waals surface area contributed by atoms with E-state index in [1.807, 2.05) is 68.2 Å². The van der Waals surface area contributed by atoms with Gasteiger partial charge >= 0.3 is 7.12 Å². The molecule has 682 valence electrons. The molecule has 18 aromatic rings. The van der Waals surface area contributed by atoms with Gasteiger partial charge in [0, 0.05) is 31.7 Å². The third-order valence-corrected chi connectivity index (χ3v) is 33.9. The van der Waals surface area contributed by atoms with E-state index in [0.29, 0.717) is 22.8 Å². The van der Waals surface area contributed by atoms with E-state index in [2.05, 4.69) is 378 Å². The van der Waals surface area contributed by atoms with Crippen molar-refractivity contribution in [1.29, 1.82) is 0 Å². The Morgan fingerprint density at radius 2 is 0.437 bits per heavy atom. The third kappa shape index (κ3) is 30.9. The van der Waals surface area contributed by atoms with Crippen LogP contribution in [-0.4, -0.2) is 25.2 Å². The predicted octanol–water partition coefficient (Wildman–Crippen LogP) is 25.7.